The number of nitrogens with two attached hydrogens (primary N) is 1. The number of benzene rings is 3. The fourth-order valence-corrected chi connectivity index (χ4v) is 2.54. The molecule has 0 spiro atoms. The maximum absolute atomic E-state index is 12.2. The molecule has 3 N–H and O–H groups in total. The minimum absolute atomic E-state index is 0.173. The van der Waals surface area contributed by atoms with E-state index in [4.69, 9.17) is 5.73 Å². The molecule has 0 heterocycles. The van der Waals surface area contributed by atoms with Gasteiger partial charge in [0.05, 0.1) is 6.54 Å². The first kappa shape index (κ1) is 18.0. The van der Waals surface area contributed by atoms with Crippen molar-refractivity contribution in [2.75, 3.05) is 6.54 Å². The van der Waals surface area contributed by atoms with E-state index in [2.05, 4.69) is 17.2 Å². The van der Waals surface area contributed by atoms with Gasteiger partial charge in [0.1, 0.15) is 0 Å². The number of hydrogen-bond acceptors (Lipinski definition) is 2. The van der Waals surface area contributed by atoms with E-state index in [0.29, 0.717) is 11.1 Å². The predicted octanol–water partition coefficient (Wildman–Crippen LogP) is 3.23. The highest BCUT2D eigenvalue weighted by atomic mass is 16.2. The van der Waals surface area contributed by atoms with Crippen LogP contribution in [0.3, 0.4) is 0 Å². The van der Waals surface area contributed by atoms with Crippen LogP contribution >= 0.6 is 0 Å². The van der Waals surface area contributed by atoms with Crippen LogP contribution in [0.5, 0.6) is 0 Å². The zero-order valence-corrected chi connectivity index (χ0v) is 14.6. The molecule has 4 heteroatoms. The molecule has 27 heavy (non-hydrogen) atoms. The van der Waals surface area contributed by atoms with Crippen LogP contribution in [0.2, 0.25) is 0 Å². The lowest BCUT2D eigenvalue weighted by atomic mass is 10.0. The molecule has 4 nitrogen and oxygen atoms in total. The Morgan fingerprint density at radius 1 is 0.778 bits per heavy atom. The Labute approximate surface area is 158 Å². The molecule has 0 unspecified atom stereocenters. The van der Waals surface area contributed by atoms with Gasteiger partial charge in [0.15, 0.2) is 0 Å². The first-order valence-corrected chi connectivity index (χ1v) is 8.46. The second-order valence-electron chi connectivity index (χ2n) is 5.87. The largest absolute Gasteiger partial charge is 0.366 e. The molecular formula is C23H18N2O2. The number of nitrogens with one attached hydrogen (secondary N) is 1. The average Bonchev–Trinajstić information content (AvgIpc) is 2.72. The molecule has 132 valence electrons. The molecule has 0 atom stereocenters. The summed E-state index contributed by atoms with van der Waals surface area (Å²) >= 11 is 0. The molecule has 0 aromatic heterocycles. The molecule has 0 aliphatic carbocycles. The number of amides is 2. The van der Waals surface area contributed by atoms with Gasteiger partial charge in [-0.05, 0) is 47.5 Å². The minimum Gasteiger partial charge on any atom is -0.366 e. The van der Waals surface area contributed by atoms with Crippen LogP contribution < -0.4 is 11.1 Å². The van der Waals surface area contributed by atoms with Gasteiger partial charge in [0, 0.05) is 16.7 Å². The third-order valence-electron chi connectivity index (χ3n) is 3.99. The fourth-order valence-electron chi connectivity index (χ4n) is 2.54. The molecule has 0 bridgehead atoms. The smallest absolute Gasteiger partial charge is 0.252 e. The van der Waals surface area contributed by atoms with Gasteiger partial charge in [-0.1, -0.05) is 54.3 Å². The normalized spacial score (nSPS) is 9.78. The highest BCUT2D eigenvalue weighted by Crippen LogP contribution is 2.19. The number of rotatable bonds is 4. The summed E-state index contributed by atoms with van der Waals surface area (Å²) in [4.78, 5) is 23.2. The molecule has 0 aliphatic heterocycles. The average molecular weight is 354 g/mol. The summed E-state index contributed by atoms with van der Waals surface area (Å²) in [6.07, 6.45) is 0. The van der Waals surface area contributed by atoms with E-state index in [1.165, 1.54) is 0 Å². The van der Waals surface area contributed by atoms with Crippen molar-refractivity contribution in [3.05, 3.63) is 95.6 Å². The van der Waals surface area contributed by atoms with Gasteiger partial charge in [-0.2, -0.15) is 0 Å². The summed E-state index contributed by atoms with van der Waals surface area (Å²) in [7, 11) is 0. The van der Waals surface area contributed by atoms with Gasteiger partial charge in [-0.25, -0.2) is 0 Å². The van der Waals surface area contributed by atoms with Gasteiger partial charge < -0.3 is 11.1 Å². The van der Waals surface area contributed by atoms with Crippen LogP contribution in [-0.4, -0.2) is 18.4 Å². The Bertz CT molecular complexity index is 996. The maximum Gasteiger partial charge on any atom is 0.252 e. The lowest BCUT2D eigenvalue weighted by Crippen LogP contribution is -2.23. The number of carbonyl (C=O) groups excluding carboxylic acids is 2. The summed E-state index contributed by atoms with van der Waals surface area (Å²) in [5.41, 5.74) is 9.14. The lowest BCUT2D eigenvalue weighted by Gasteiger charge is -2.04. The SMILES string of the molecule is NC(=O)c1ccc(C#CCNC(=O)c2ccc(-c3ccccc3)cc2)cc1. The van der Waals surface area contributed by atoms with Crippen LogP contribution in [0.25, 0.3) is 11.1 Å². The Kier molecular flexibility index (Phi) is 5.66. The minimum atomic E-state index is -0.472. The van der Waals surface area contributed by atoms with Crippen molar-refractivity contribution in [3.63, 3.8) is 0 Å². The molecule has 3 aromatic carbocycles. The van der Waals surface area contributed by atoms with Gasteiger partial charge >= 0.3 is 0 Å². The Balaban J connectivity index is 1.56. The summed E-state index contributed by atoms with van der Waals surface area (Å²) < 4.78 is 0. The molecular weight excluding hydrogens is 336 g/mol. The zero-order valence-electron chi connectivity index (χ0n) is 14.6. The maximum atomic E-state index is 12.2. The van der Waals surface area contributed by atoms with Crippen molar-refractivity contribution < 1.29 is 9.59 Å². The van der Waals surface area contributed by atoms with Crippen molar-refractivity contribution in [2.24, 2.45) is 5.73 Å². The first-order chi connectivity index (χ1) is 13.1. The van der Waals surface area contributed by atoms with E-state index in [-0.39, 0.29) is 12.5 Å². The first-order valence-electron chi connectivity index (χ1n) is 8.46. The van der Waals surface area contributed by atoms with Crippen LogP contribution in [0.15, 0.2) is 78.9 Å². The molecule has 0 saturated carbocycles. The van der Waals surface area contributed by atoms with Gasteiger partial charge in [0.2, 0.25) is 5.91 Å². The van der Waals surface area contributed by atoms with Gasteiger partial charge in [0.25, 0.3) is 5.91 Å². The van der Waals surface area contributed by atoms with E-state index in [1.807, 2.05) is 42.5 Å². The van der Waals surface area contributed by atoms with Crippen molar-refractivity contribution >= 4 is 11.8 Å². The molecule has 3 aromatic rings. The lowest BCUT2D eigenvalue weighted by molar-refractivity contribution is 0.0957. The highest BCUT2D eigenvalue weighted by Gasteiger charge is 2.04. The second kappa shape index (κ2) is 8.50. The van der Waals surface area contributed by atoms with Crippen molar-refractivity contribution in [1.29, 1.82) is 0 Å². The molecule has 2 amide bonds. The summed E-state index contributed by atoms with van der Waals surface area (Å²) in [6, 6.07) is 24.1. The Morgan fingerprint density at radius 2 is 1.37 bits per heavy atom. The number of primary amides is 1. The standard InChI is InChI=1S/C23H18N2O2/c24-22(26)20-10-8-17(9-11-20)5-4-16-25-23(27)21-14-12-19(13-15-21)18-6-2-1-3-7-18/h1-3,6-15H,16H2,(H2,24,26)(H,25,27). The van der Waals surface area contributed by atoms with E-state index in [0.717, 1.165) is 16.7 Å². The zero-order chi connectivity index (χ0) is 19.1. The van der Waals surface area contributed by atoms with E-state index >= 15 is 0 Å². The third-order valence-corrected chi connectivity index (χ3v) is 3.99. The number of hydrogen-bond donors (Lipinski definition) is 2. The second-order valence-corrected chi connectivity index (χ2v) is 5.87. The molecule has 0 aliphatic rings. The monoisotopic (exact) mass is 354 g/mol. The molecule has 3 rings (SSSR count). The fraction of sp³-hybridized carbons (Fsp3) is 0.0435. The van der Waals surface area contributed by atoms with Crippen LogP contribution in [0.1, 0.15) is 26.3 Å². The Morgan fingerprint density at radius 3 is 2.00 bits per heavy atom. The molecule has 0 saturated heterocycles. The number of carbonyl (C=O) groups is 2. The van der Waals surface area contributed by atoms with Crippen LogP contribution in [-0.2, 0) is 0 Å². The van der Waals surface area contributed by atoms with E-state index < -0.39 is 5.91 Å². The molecule has 0 radical (unpaired) electrons. The van der Waals surface area contributed by atoms with Crippen LogP contribution in [0.4, 0.5) is 0 Å². The highest BCUT2D eigenvalue weighted by molar-refractivity contribution is 5.95. The van der Waals surface area contributed by atoms with Crippen molar-refractivity contribution in [3.8, 4) is 23.0 Å². The topological polar surface area (TPSA) is 72.2 Å². The van der Waals surface area contributed by atoms with Gasteiger partial charge in [-0.15, -0.1) is 0 Å². The van der Waals surface area contributed by atoms with E-state index in [1.54, 1.807) is 36.4 Å². The van der Waals surface area contributed by atoms with E-state index in [9.17, 15) is 9.59 Å². The Hall–Kier alpha value is -3.84. The molecule has 0 fully saturated rings. The quantitative estimate of drug-likeness (QED) is 0.706. The predicted molar refractivity (Wildman–Crippen MR) is 106 cm³/mol. The third kappa shape index (κ3) is 4.83. The summed E-state index contributed by atoms with van der Waals surface area (Å²) in [6.45, 7) is 0.233. The van der Waals surface area contributed by atoms with Crippen molar-refractivity contribution in [1.82, 2.24) is 5.32 Å². The van der Waals surface area contributed by atoms with Crippen molar-refractivity contribution in [2.45, 2.75) is 0 Å². The van der Waals surface area contributed by atoms with Gasteiger partial charge in [-0.3, -0.25) is 9.59 Å². The summed E-state index contributed by atoms with van der Waals surface area (Å²) in [5.74, 6) is 5.18. The van der Waals surface area contributed by atoms with Crippen LogP contribution in [0, 0.1) is 11.8 Å². The summed E-state index contributed by atoms with van der Waals surface area (Å²) in [5, 5.41) is 2.77.